The van der Waals surface area contributed by atoms with Crippen molar-refractivity contribution in [2.24, 2.45) is 5.92 Å². The van der Waals surface area contributed by atoms with E-state index in [0.717, 1.165) is 6.42 Å². The van der Waals surface area contributed by atoms with E-state index in [4.69, 9.17) is 9.47 Å². The molecule has 0 atom stereocenters. The van der Waals surface area contributed by atoms with Crippen molar-refractivity contribution in [1.29, 1.82) is 0 Å². The minimum absolute atomic E-state index is 0.117. The van der Waals surface area contributed by atoms with Crippen LogP contribution >= 0.6 is 0 Å². The Kier molecular flexibility index (Phi) is 7.69. The van der Waals surface area contributed by atoms with E-state index in [2.05, 4.69) is 13.8 Å². The molecule has 0 saturated carbocycles. The fraction of sp³-hybridized carbons (Fsp3) is 0.900. The summed E-state index contributed by atoms with van der Waals surface area (Å²) in [5, 5.41) is 0. The molecular formula is C10H20O3. The number of hydrogen-bond donors (Lipinski definition) is 0. The Morgan fingerprint density at radius 3 is 2.54 bits per heavy atom. The Morgan fingerprint density at radius 1 is 1.31 bits per heavy atom. The molecule has 0 bridgehead atoms. The summed E-state index contributed by atoms with van der Waals surface area (Å²) in [6.45, 7) is 7.65. The van der Waals surface area contributed by atoms with Crippen molar-refractivity contribution in [2.45, 2.75) is 33.6 Å². The lowest BCUT2D eigenvalue weighted by molar-refractivity contribution is -0.145. The topological polar surface area (TPSA) is 35.5 Å². The van der Waals surface area contributed by atoms with Gasteiger partial charge in [-0.1, -0.05) is 13.8 Å². The molecule has 0 radical (unpaired) electrons. The van der Waals surface area contributed by atoms with Crippen molar-refractivity contribution in [2.75, 3.05) is 19.8 Å². The number of rotatable bonds is 7. The number of hydrogen-bond acceptors (Lipinski definition) is 3. The van der Waals surface area contributed by atoms with Gasteiger partial charge in [0, 0.05) is 13.0 Å². The van der Waals surface area contributed by atoms with Gasteiger partial charge in [0.2, 0.25) is 0 Å². The van der Waals surface area contributed by atoms with Crippen LogP contribution in [-0.4, -0.2) is 25.8 Å². The summed E-state index contributed by atoms with van der Waals surface area (Å²) in [5.74, 6) is 0.438. The minimum Gasteiger partial charge on any atom is -0.463 e. The molecule has 0 heterocycles. The molecule has 0 aliphatic rings. The second-order valence-corrected chi connectivity index (χ2v) is 3.35. The SMILES string of the molecule is CCOCCOC(=O)CCC(C)C. The van der Waals surface area contributed by atoms with Crippen molar-refractivity contribution >= 4 is 5.97 Å². The van der Waals surface area contributed by atoms with Gasteiger partial charge in [-0.15, -0.1) is 0 Å². The van der Waals surface area contributed by atoms with Crippen LogP contribution in [0.15, 0.2) is 0 Å². The molecule has 0 rings (SSSR count). The average molecular weight is 188 g/mol. The van der Waals surface area contributed by atoms with Crippen molar-refractivity contribution < 1.29 is 14.3 Å². The lowest BCUT2D eigenvalue weighted by atomic mass is 10.1. The number of carbonyl (C=O) groups is 1. The highest BCUT2D eigenvalue weighted by molar-refractivity contribution is 5.69. The third kappa shape index (κ3) is 9.34. The minimum atomic E-state index is -0.117. The molecule has 0 N–H and O–H groups in total. The van der Waals surface area contributed by atoms with Crippen molar-refractivity contribution in [3.8, 4) is 0 Å². The molecule has 0 aliphatic heterocycles. The lowest BCUT2D eigenvalue weighted by Gasteiger charge is -2.05. The smallest absolute Gasteiger partial charge is 0.305 e. The highest BCUT2D eigenvalue weighted by atomic mass is 16.6. The largest absolute Gasteiger partial charge is 0.463 e. The van der Waals surface area contributed by atoms with Gasteiger partial charge in [-0.3, -0.25) is 4.79 Å². The van der Waals surface area contributed by atoms with E-state index < -0.39 is 0 Å². The standard InChI is InChI=1S/C10H20O3/c1-4-12-7-8-13-10(11)6-5-9(2)3/h9H,4-8H2,1-3H3. The maximum absolute atomic E-state index is 11.0. The van der Waals surface area contributed by atoms with Crippen LogP contribution in [0.4, 0.5) is 0 Å². The van der Waals surface area contributed by atoms with E-state index in [0.29, 0.717) is 32.2 Å². The lowest BCUT2D eigenvalue weighted by Crippen LogP contribution is -2.11. The molecule has 0 aromatic heterocycles. The second kappa shape index (κ2) is 8.05. The molecule has 3 nitrogen and oxygen atoms in total. The molecule has 0 amide bonds. The number of esters is 1. The fourth-order valence-electron chi connectivity index (χ4n) is 0.837. The normalized spacial score (nSPS) is 10.5. The predicted octanol–water partition coefficient (Wildman–Crippen LogP) is 2.00. The van der Waals surface area contributed by atoms with Crippen LogP contribution in [-0.2, 0) is 14.3 Å². The van der Waals surface area contributed by atoms with Gasteiger partial charge < -0.3 is 9.47 Å². The molecule has 0 spiro atoms. The zero-order valence-corrected chi connectivity index (χ0v) is 8.84. The van der Waals surface area contributed by atoms with Crippen molar-refractivity contribution in [3.63, 3.8) is 0 Å². The third-order valence-corrected chi connectivity index (χ3v) is 1.62. The first-order chi connectivity index (χ1) is 6.16. The Morgan fingerprint density at radius 2 is 2.00 bits per heavy atom. The average Bonchev–Trinajstić information content (AvgIpc) is 2.09. The molecule has 0 aromatic rings. The van der Waals surface area contributed by atoms with Gasteiger partial charge in [-0.05, 0) is 19.3 Å². The fourth-order valence-corrected chi connectivity index (χ4v) is 0.837. The van der Waals surface area contributed by atoms with Crippen LogP contribution < -0.4 is 0 Å². The van der Waals surface area contributed by atoms with Crippen LogP contribution in [0.5, 0.6) is 0 Å². The summed E-state index contributed by atoms with van der Waals surface area (Å²) >= 11 is 0. The Balaban J connectivity index is 3.20. The molecule has 13 heavy (non-hydrogen) atoms. The predicted molar refractivity (Wildman–Crippen MR) is 51.5 cm³/mol. The molecular weight excluding hydrogens is 168 g/mol. The first-order valence-corrected chi connectivity index (χ1v) is 4.90. The van der Waals surface area contributed by atoms with E-state index in [1.807, 2.05) is 6.92 Å². The first kappa shape index (κ1) is 12.4. The summed E-state index contributed by atoms with van der Waals surface area (Å²) in [5.41, 5.74) is 0. The van der Waals surface area contributed by atoms with Crippen LogP contribution in [0.25, 0.3) is 0 Å². The Bertz CT molecular complexity index is 132. The number of ether oxygens (including phenoxy) is 2. The van der Waals surface area contributed by atoms with Gasteiger partial charge in [0.1, 0.15) is 6.61 Å². The Hall–Kier alpha value is -0.570. The first-order valence-electron chi connectivity index (χ1n) is 4.90. The van der Waals surface area contributed by atoms with E-state index in [1.165, 1.54) is 0 Å². The highest BCUT2D eigenvalue weighted by Gasteiger charge is 2.03. The Labute approximate surface area is 80.4 Å². The molecule has 0 saturated heterocycles. The van der Waals surface area contributed by atoms with Gasteiger partial charge >= 0.3 is 5.97 Å². The number of carbonyl (C=O) groups excluding carboxylic acids is 1. The zero-order valence-electron chi connectivity index (χ0n) is 8.84. The highest BCUT2D eigenvalue weighted by Crippen LogP contribution is 2.04. The summed E-state index contributed by atoms with van der Waals surface area (Å²) in [7, 11) is 0. The molecule has 0 aliphatic carbocycles. The summed E-state index contributed by atoms with van der Waals surface area (Å²) < 4.78 is 9.96. The summed E-state index contributed by atoms with van der Waals surface area (Å²) in [4.78, 5) is 11.0. The third-order valence-electron chi connectivity index (χ3n) is 1.62. The van der Waals surface area contributed by atoms with Gasteiger partial charge in [0.15, 0.2) is 0 Å². The van der Waals surface area contributed by atoms with Crippen LogP contribution in [0.2, 0.25) is 0 Å². The van der Waals surface area contributed by atoms with Crippen molar-refractivity contribution in [1.82, 2.24) is 0 Å². The van der Waals surface area contributed by atoms with Gasteiger partial charge in [0.05, 0.1) is 6.61 Å². The van der Waals surface area contributed by atoms with Crippen molar-refractivity contribution in [3.05, 3.63) is 0 Å². The van der Waals surface area contributed by atoms with Crippen LogP contribution in [0.1, 0.15) is 33.6 Å². The van der Waals surface area contributed by atoms with E-state index >= 15 is 0 Å². The van der Waals surface area contributed by atoms with Gasteiger partial charge in [-0.2, -0.15) is 0 Å². The van der Waals surface area contributed by atoms with Gasteiger partial charge in [0.25, 0.3) is 0 Å². The van der Waals surface area contributed by atoms with E-state index in [1.54, 1.807) is 0 Å². The second-order valence-electron chi connectivity index (χ2n) is 3.35. The maximum atomic E-state index is 11.0. The summed E-state index contributed by atoms with van der Waals surface area (Å²) in [6, 6.07) is 0. The van der Waals surface area contributed by atoms with Gasteiger partial charge in [-0.25, -0.2) is 0 Å². The monoisotopic (exact) mass is 188 g/mol. The van der Waals surface area contributed by atoms with Crippen LogP contribution in [0, 0.1) is 5.92 Å². The zero-order chi connectivity index (χ0) is 10.1. The molecule has 78 valence electrons. The molecule has 0 aromatic carbocycles. The molecule has 0 unspecified atom stereocenters. The van der Waals surface area contributed by atoms with Crippen LogP contribution in [0.3, 0.4) is 0 Å². The quantitative estimate of drug-likeness (QED) is 0.453. The molecule has 0 fully saturated rings. The van der Waals surface area contributed by atoms with E-state index in [-0.39, 0.29) is 5.97 Å². The summed E-state index contributed by atoms with van der Waals surface area (Å²) in [6.07, 6.45) is 1.41. The van der Waals surface area contributed by atoms with E-state index in [9.17, 15) is 4.79 Å². The molecule has 3 heteroatoms. The maximum Gasteiger partial charge on any atom is 0.305 e.